The average molecular weight is 613 g/mol. The van der Waals surface area contributed by atoms with Crippen LogP contribution < -0.4 is 10.6 Å². The molecule has 0 aliphatic carbocycles. The van der Waals surface area contributed by atoms with Crippen LogP contribution in [0.15, 0.2) is 54.1 Å². The number of amides is 1. The number of anilines is 1. The van der Waals surface area contributed by atoms with Gasteiger partial charge >= 0.3 is 5.69 Å². The molecule has 1 saturated heterocycles. The molecule has 0 spiro atoms. The summed E-state index contributed by atoms with van der Waals surface area (Å²) in [7, 11) is 1.85. The fourth-order valence-electron chi connectivity index (χ4n) is 6.31. The number of rotatable bonds is 5. The lowest BCUT2D eigenvalue weighted by Crippen LogP contribution is -2.58. The van der Waals surface area contributed by atoms with E-state index in [0.29, 0.717) is 35.6 Å². The van der Waals surface area contributed by atoms with Crippen LogP contribution in [0.1, 0.15) is 44.9 Å². The van der Waals surface area contributed by atoms with Gasteiger partial charge in [-0.2, -0.15) is 4.98 Å². The van der Waals surface area contributed by atoms with Crippen LogP contribution in [-0.2, 0) is 11.8 Å². The Balaban J connectivity index is 1.69. The molecule has 45 heavy (non-hydrogen) atoms. The molecule has 1 aliphatic heterocycles. The average Bonchev–Trinajstić information content (AvgIpc) is 3.36. The van der Waals surface area contributed by atoms with Crippen LogP contribution in [0.4, 0.5) is 14.6 Å². The van der Waals surface area contributed by atoms with Gasteiger partial charge in [0, 0.05) is 43.3 Å². The molecule has 5 aromatic rings. The van der Waals surface area contributed by atoms with E-state index in [2.05, 4.69) is 21.5 Å². The number of hydrogen-bond donors (Lipinski definition) is 0. The Morgan fingerprint density at radius 2 is 1.78 bits per heavy atom. The van der Waals surface area contributed by atoms with Crippen molar-refractivity contribution in [3.8, 4) is 16.9 Å². The molecule has 10 nitrogen and oxygen atoms in total. The standard InChI is InChI=1S/C33H34F2N8O2/c1-8-25(44)41-14-19(5)42(15-18(41)4)30-22-13-24(35)27(21-11-9-10-12-23(21)34)38-31(22)43(33(45)39-30)29-20(6)37-32-28(26(29)17(2)3)36-16-40(32)7/h8-13,16-19H,1,14-15H2,2-7H3/t18-,19+/m1/s1. The molecule has 232 valence electrons. The number of piperazine rings is 1. The van der Waals surface area contributed by atoms with Gasteiger partial charge in [0.05, 0.1) is 23.1 Å². The molecule has 0 N–H and O–H groups in total. The predicted molar refractivity (Wildman–Crippen MR) is 170 cm³/mol. The van der Waals surface area contributed by atoms with E-state index in [9.17, 15) is 9.59 Å². The first-order valence-electron chi connectivity index (χ1n) is 14.8. The fraction of sp³-hybridized carbons (Fsp3) is 0.333. The number of carbonyl (C=O) groups excluding carboxylic acids is 1. The molecule has 1 aliphatic rings. The summed E-state index contributed by atoms with van der Waals surface area (Å²) in [5, 5.41) is 0.268. The van der Waals surface area contributed by atoms with E-state index in [1.165, 1.54) is 34.9 Å². The van der Waals surface area contributed by atoms with Crippen LogP contribution in [0.5, 0.6) is 0 Å². The van der Waals surface area contributed by atoms with Crippen molar-refractivity contribution in [3.05, 3.63) is 82.7 Å². The number of halogens is 2. The Morgan fingerprint density at radius 1 is 1.04 bits per heavy atom. The molecule has 0 radical (unpaired) electrons. The summed E-state index contributed by atoms with van der Waals surface area (Å²) in [6.07, 6.45) is 2.94. The van der Waals surface area contributed by atoms with Crippen LogP contribution >= 0.6 is 0 Å². The second kappa shape index (κ2) is 11.2. The van der Waals surface area contributed by atoms with Crippen molar-refractivity contribution in [2.45, 2.75) is 52.6 Å². The van der Waals surface area contributed by atoms with Gasteiger partial charge in [-0.3, -0.25) is 4.79 Å². The van der Waals surface area contributed by atoms with Gasteiger partial charge in [-0.15, -0.1) is 0 Å². The van der Waals surface area contributed by atoms with E-state index in [0.717, 1.165) is 5.56 Å². The predicted octanol–water partition coefficient (Wildman–Crippen LogP) is 5.05. The molecule has 0 saturated carbocycles. The van der Waals surface area contributed by atoms with E-state index in [4.69, 9.17) is 4.98 Å². The topological polar surface area (TPSA) is 102 Å². The number of fused-ring (bicyclic) bond motifs is 2. The van der Waals surface area contributed by atoms with Gasteiger partial charge in [0.2, 0.25) is 5.91 Å². The highest BCUT2D eigenvalue weighted by Crippen LogP contribution is 2.36. The summed E-state index contributed by atoms with van der Waals surface area (Å²) in [4.78, 5) is 49.0. The normalized spacial score (nSPS) is 17.1. The summed E-state index contributed by atoms with van der Waals surface area (Å²) in [6.45, 7) is 13.9. The van der Waals surface area contributed by atoms with E-state index >= 15 is 8.78 Å². The first kappa shape index (κ1) is 30.0. The van der Waals surface area contributed by atoms with E-state index < -0.39 is 17.3 Å². The van der Waals surface area contributed by atoms with Crippen molar-refractivity contribution in [3.63, 3.8) is 0 Å². The molecule has 4 aromatic heterocycles. The van der Waals surface area contributed by atoms with Gasteiger partial charge < -0.3 is 14.4 Å². The number of imidazole rings is 1. The summed E-state index contributed by atoms with van der Waals surface area (Å²) in [5.74, 6) is -1.46. The largest absolute Gasteiger partial charge is 0.355 e. The molecular formula is C33H34F2N8O2. The quantitative estimate of drug-likeness (QED) is 0.256. The zero-order valence-corrected chi connectivity index (χ0v) is 26.0. The van der Waals surface area contributed by atoms with Crippen LogP contribution in [0.25, 0.3) is 39.1 Å². The maximum absolute atomic E-state index is 16.0. The smallest absolute Gasteiger partial charge is 0.349 e. The molecule has 1 fully saturated rings. The lowest BCUT2D eigenvalue weighted by Gasteiger charge is -2.44. The van der Waals surface area contributed by atoms with Crippen LogP contribution in [-0.4, -0.2) is 65.1 Å². The van der Waals surface area contributed by atoms with Gasteiger partial charge in [-0.25, -0.2) is 33.1 Å². The molecular weight excluding hydrogens is 578 g/mol. The van der Waals surface area contributed by atoms with E-state index in [1.807, 2.05) is 44.2 Å². The highest BCUT2D eigenvalue weighted by atomic mass is 19.1. The van der Waals surface area contributed by atoms with Gasteiger partial charge in [-0.1, -0.05) is 32.6 Å². The van der Waals surface area contributed by atoms with E-state index in [-0.39, 0.29) is 52.0 Å². The number of hydrogen-bond acceptors (Lipinski definition) is 7. The lowest BCUT2D eigenvalue weighted by molar-refractivity contribution is -0.128. The Morgan fingerprint density at radius 3 is 2.47 bits per heavy atom. The monoisotopic (exact) mass is 612 g/mol. The summed E-state index contributed by atoms with van der Waals surface area (Å²) in [5.41, 5.74) is 2.21. The molecule has 5 heterocycles. The number of pyridine rings is 2. The fourth-order valence-corrected chi connectivity index (χ4v) is 6.31. The molecule has 1 aromatic carbocycles. The Bertz CT molecular complexity index is 2070. The first-order chi connectivity index (χ1) is 21.4. The van der Waals surface area contributed by atoms with Crippen molar-refractivity contribution >= 4 is 33.9 Å². The zero-order valence-electron chi connectivity index (χ0n) is 26.0. The van der Waals surface area contributed by atoms with Gasteiger partial charge in [0.15, 0.2) is 11.3 Å². The second-order valence-electron chi connectivity index (χ2n) is 11.9. The third-order valence-corrected chi connectivity index (χ3v) is 8.48. The maximum atomic E-state index is 16.0. The number of nitrogens with zero attached hydrogens (tertiary/aromatic N) is 8. The van der Waals surface area contributed by atoms with Crippen LogP contribution in [0.2, 0.25) is 0 Å². The van der Waals surface area contributed by atoms with Gasteiger partial charge in [0.25, 0.3) is 0 Å². The molecule has 0 bridgehead atoms. The summed E-state index contributed by atoms with van der Waals surface area (Å²) < 4.78 is 34.2. The van der Waals surface area contributed by atoms with Gasteiger partial charge in [0.1, 0.15) is 28.7 Å². The van der Waals surface area contributed by atoms with Crippen LogP contribution in [0, 0.1) is 18.6 Å². The Hall–Kier alpha value is -5.00. The lowest BCUT2D eigenvalue weighted by atomic mass is 9.99. The SMILES string of the molecule is C=CC(=O)N1C[C@H](C)N(c2nc(=O)n(-c3c(C)nc4c(ncn4C)c3C(C)C)c3nc(-c4ccccc4F)c(F)cc23)C[C@H]1C. The first-order valence-corrected chi connectivity index (χ1v) is 14.8. The third kappa shape index (κ3) is 4.84. The van der Waals surface area contributed by atoms with E-state index in [1.54, 1.807) is 24.2 Å². The van der Waals surface area contributed by atoms with Crippen molar-refractivity contribution in [2.75, 3.05) is 18.0 Å². The van der Waals surface area contributed by atoms with Crippen molar-refractivity contribution < 1.29 is 13.6 Å². The second-order valence-corrected chi connectivity index (χ2v) is 11.9. The Kier molecular flexibility index (Phi) is 7.46. The Labute approximate surface area is 258 Å². The van der Waals surface area contributed by atoms with Crippen LogP contribution in [0.3, 0.4) is 0 Å². The molecule has 2 atom stereocenters. The molecule has 1 amide bonds. The third-order valence-electron chi connectivity index (χ3n) is 8.48. The summed E-state index contributed by atoms with van der Waals surface area (Å²) in [6, 6.07) is 6.54. The minimum atomic E-state index is -0.763. The zero-order chi connectivity index (χ0) is 32.3. The van der Waals surface area contributed by atoms with Crippen molar-refractivity contribution in [1.29, 1.82) is 0 Å². The van der Waals surface area contributed by atoms with Crippen molar-refractivity contribution in [2.24, 2.45) is 7.05 Å². The molecule has 12 heteroatoms. The minimum Gasteiger partial charge on any atom is -0.349 e. The number of benzene rings is 1. The highest BCUT2D eigenvalue weighted by Gasteiger charge is 2.34. The molecule has 6 rings (SSSR count). The van der Waals surface area contributed by atoms with Crippen molar-refractivity contribution in [1.82, 2.24) is 34.0 Å². The number of aromatic nitrogens is 6. The number of carbonyl (C=O) groups is 1. The van der Waals surface area contributed by atoms with Gasteiger partial charge in [-0.05, 0) is 51.0 Å². The highest BCUT2D eigenvalue weighted by molar-refractivity contribution is 5.92. The summed E-state index contributed by atoms with van der Waals surface area (Å²) >= 11 is 0. The minimum absolute atomic E-state index is 0.0353. The number of aryl methyl sites for hydroxylation is 2. The maximum Gasteiger partial charge on any atom is 0.355 e. The molecule has 0 unspecified atom stereocenters.